The molecule has 0 aliphatic rings. The SMILES string of the molecule is CCC(N)C(Sc1cc(C)ccc1C)c1ccc(Cl)s1. The summed E-state index contributed by atoms with van der Waals surface area (Å²) in [5, 5.41) is 0.262. The van der Waals surface area contributed by atoms with Crippen LogP contribution in [0.4, 0.5) is 0 Å². The Morgan fingerprint density at radius 2 is 2.00 bits per heavy atom. The lowest BCUT2D eigenvalue weighted by atomic mass is 10.1. The first-order valence-corrected chi connectivity index (χ1v) is 8.83. The number of hydrogen-bond donors (Lipinski definition) is 1. The van der Waals surface area contributed by atoms with Crippen LogP contribution in [0.25, 0.3) is 0 Å². The molecule has 4 heteroatoms. The van der Waals surface area contributed by atoms with E-state index < -0.39 is 0 Å². The molecule has 1 nitrogen and oxygen atoms in total. The maximum absolute atomic E-state index is 6.34. The molecule has 20 heavy (non-hydrogen) atoms. The molecule has 0 aliphatic carbocycles. The van der Waals surface area contributed by atoms with E-state index in [0.29, 0.717) is 0 Å². The minimum Gasteiger partial charge on any atom is -0.326 e. The Bertz CT molecular complexity index is 580. The summed E-state index contributed by atoms with van der Waals surface area (Å²) in [6, 6.07) is 10.8. The van der Waals surface area contributed by atoms with Gasteiger partial charge in [-0.25, -0.2) is 0 Å². The highest BCUT2D eigenvalue weighted by Gasteiger charge is 2.22. The summed E-state index contributed by atoms with van der Waals surface area (Å²) in [4.78, 5) is 2.57. The Morgan fingerprint density at radius 1 is 1.25 bits per heavy atom. The Labute approximate surface area is 134 Å². The molecule has 0 amide bonds. The summed E-state index contributed by atoms with van der Waals surface area (Å²) in [6.07, 6.45) is 0.956. The van der Waals surface area contributed by atoms with Crippen molar-refractivity contribution in [3.63, 3.8) is 0 Å². The van der Waals surface area contributed by atoms with Gasteiger partial charge in [0.25, 0.3) is 0 Å². The molecule has 108 valence electrons. The second-order valence-corrected chi connectivity index (χ2v) is 7.95. The minimum absolute atomic E-state index is 0.134. The van der Waals surface area contributed by atoms with E-state index >= 15 is 0 Å². The van der Waals surface area contributed by atoms with Gasteiger partial charge in [0.1, 0.15) is 0 Å². The van der Waals surface area contributed by atoms with Crippen LogP contribution < -0.4 is 5.73 Å². The molecule has 0 saturated heterocycles. The van der Waals surface area contributed by atoms with E-state index in [9.17, 15) is 0 Å². The number of thiophene rings is 1. The predicted molar refractivity (Wildman–Crippen MR) is 92.1 cm³/mol. The van der Waals surface area contributed by atoms with E-state index in [1.165, 1.54) is 20.9 Å². The Balaban J connectivity index is 2.30. The van der Waals surface area contributed by atoms with Crippen molar-refractivity contribution in [1.29, 1.82) is 0 Å². The third-order valence-electron chi connectivity index (χ3n) is 3.33. The second kappa shape index (κ2) is 6.99. The van der Waals surface area contributed by atoms with Gasteiger partial charge in [0, 0.05) is 15.8 Å². The van der Waals surface area contributed by atoms with Crippen molar-refractivity contribution in [3.05, 3.63) is 50.7 Å². The fourth-order valence-corrected chi connectivity index (χ4v) is 4.77. The number of hydrogen-bond acceptors (Lipinski definition) is 3. The molecule has 0 spiro atoms. The molecule has 2 rings (SSSR count). The van der Waals surface area contributed by atoms with Crippen LogP contribution in [0.5, 0.6) is 0 Å². The van der Waals surface area contributed by atoms with Gasteiger partial charge in [0.05, 0.1) is 9.59 Å². The first-order chi connectivity index (χ1) is 9.51. The molecule has 2 unspecified atom stereocenters. The van der Waals surface area contributed by atoms with Crippen molar-refractivity contribution < 1.29 is 0 Å². The number of benzene rings is 1. The van der Waals surface area contributed by atoms with Gasteiger partial charge in [-0.05, 0) is 44.0 Å². The van der Waals surface area contributed by atoms with Crippen LogP contribution in [-0.2, 0) is 0 Å². The van der Waals surface area contributed by atoms with Crippen molar-refractivity contribution >= 4 is 34.7 Å². The van der Waals surface area contributed by atoms with E-state index in [1.807, 2.05) is 17.8 Å². The lowest BCUT2D eigenvalue weighted by Crippen LogP contribution is -2.25. The molecule has 0 saturated carbocycles. The number of aryl methyl sites for hydroxylation is 2. The van der Waals surface area contributed by atoms with Crippen molar-refractivity contribution in [2.75, 3.05) is 0 Å². The number of thioether (sulfide) groups is 1. The average molecular weight is 326 g/mol. The van der Waals surface area contributed by atoms with Gasteiger partial charge in [-0.1, -0.05) is 36.2 Å². The third kappa shape index (κ3) is 3.79. The van der Waals surface area contributed by atoms with Gasteiger partial charge in [0.15, 0.2) is 0 Å². The summed E-state index contributed by atoms with van der Waals surface area (Å²) < 4.78 is 0.829. The Morgan fingerprint density at radius 3 is 2.60 bits per heavy atom. The molecule has 1 aromatic heterocycles. The number of halogens is 1. The first kappa shape index (κ1) is 15.9. The van der Waals surface area contributed by atoms with Crippen molar-refractivity contribution in [1.82, 2.24) is 0 Å². The highest BCUT2D eigenvalue weighted by atomic mass is 35.5. The number of nitrogens with two attached hydrogens (primary N) is 1. The maximum Gasteiger partial charge on any atom is 0.0931 e. The van der Waals surface area contributed by atoms with Gasteiger partial charge < -0.3 is 5.73 Å². The number of rotatable bonds is 5. The van der Waals surface area contributed by atoms with Gasteiger partial charge in [-0.3, -0.25) is 0 Å². The molecule has 0 radical (unpaired) electrons. The normalized spacial score (nSPS) is 14.2. The van der Waals surface area contributed by atoms with Crippen LogP contribution in [0, 0.1) is 13.8 Å². The van der Waals surface area contributed by atoms with Crippen molar-refractivity contribution in [2.45, 2.75) is 43.4 Å². The maximum atomic E-state index is 6.34. The van der Waals surface area contributed by atoms with Crippen molar-refractivity contribution in [2.24, 2.45) is 5.73 Å². The predicted octanol–water partition coefficient (Wildman–Crippen LogP) is 5.59. The van der Waals surface area contributed by atoms with E-state index in [2.05, 4.69) is 45.0 Å². The van der Waals surface area contributed by atoms with Crippen LogP contribution in [0.2, 0.25) is 4.34 Å². The molecular weight excluding hydrogens is 306 g/mol. The van der Waals surface area contributed by atoms with Gasteiger partial charge >= 0.3 is 0 Å². The summed E-state index contributed by atoms with van der Waals surface area (Å²) in [5.41, 5.74) is 8.92. The third-order valence-corrected chi connectivity index (χ3v) is 6.35. The Hall–Kier alpha value is -0.480. The van der Waals surface area contributed by atoms with Crippen LogP contribution in [0.15, 0.2) is 35.2 Å². The first-order valence-electron chi connectivity index (χ1n) is 6.76. The van der Waals surface area contributed by atoms with Crippen molar-refractivity contribution in [3.8, 4) is 0 Å². The molecule has 2 atom stereocenters. The van der Waals surface area contributed by atoms with Crippen LogP contribution in [-0.4, -0.2) is 6.04 Å². The Kier molecular flexibility index (Phi) is 5.56. The molecule has 2 N–H and O–H groups in total. The zero-order chi connectivity index (χ0) is 14.7. The van der Waals surface area contributed by atoms with E-state index in [-0.39, 0.29) is 11.3 Å². The van der Waals surface area contributed by atoms with Gasteiger partial charge in [0.2, 0.25) is 0 Å². The summed E-state index contributed by atoms with van der Waals surface area (Å²) in [6.45, 7) is 6.41. The lowest BCUT2D eigenvalue weighted by Gasteiger charge is -2.22. The average Bonchev–Trinajstić information content (AvgIpc) is 2.85. The highest BCUT2D eigenvalue weighted by Crippen LogP contribution is 2.43. The molecular formula is C16H20ClNS2. The van der Waals surface area contributed by atoms with E-state index in [4.69, 9.17) is 17.3 Å². The smallest absolute Gasteiger partial charge is 0.0931 e. The minimum atomic E-state index is 0.134. The van der Waals surface area contributed by atoms with Crippen LogP contribution in [0.1, 0.15) is 34.6 Å². The molecule has 1 aromatic carbocycles. The largest absolute Gasteiger partial charge is 0.326 e. The van der Waals surface area contributed by atoms with Crippen LogP contribution >= 0.6 is 34.7 Å². The fraction of sp³-hybridized carbons (Fsp3) is 0.375. The standard InChI is InChI=1S/C16H20ClNS2/c1-4-12(18)16(13-7-8-15(17)19-13)20-14-9-10(2)5-6-11(14)3/h5-9,12,16H,4,18H2,1-3H3. The fourth-order valence-electron chi connectivity index (χ4n) is 2.02. The molecule has 1 heterocycles. The zero-order valence-electron chi connectivity index (χ0n) is 12.0. The summed E-state index contributed by atoms with van der Waals surface area (Å²) in [5.74, 6) is 0. The molecule has 2 aromatic rings. The molecule has 0 bridgehead atoms. The highest BCUT2D eigenvalue weighted by molar-refractivity contribution is 7.99. The van der Waals surface area contributed by atoms with Gasteiger partial charge in [-0.15, -0.1) is 23.1 Å². The van der Waals surface area contributed by atoms with Crippen LogP contribution in [0.3, 0.4) is 0 Å². The zero-order valence-corrected chi connectivity index (χ0v) is 14.4. The topological polar surface area (TPSA) is 26.0 Å². The van der Waals surface area contributed by atoms with E-state index in [0.717, 1.165) is 10.8 Å². The summed E-state index contributed by atoms with van der Waals surface area (Å²) >= 11 is 9.57. The summed E-state index contributed by atoms with van der Waals surface area (Å²) in [7, 11) is 0. The monoisotopic (exact) mass is 325 g/mol. The van der Waals surface area contributed by atoms with E-state index in [1.54, 1.807) is 11.3 Å². The van der Waals surface area contributed by atoms with Gasteiger partial charge in [-0.2, -0.15) is 0 Å². The quantitative estimate of drug-likeness (QED) is 0.725. The second-order valence-electron chi connectivity index (χ2n) is 5.02. The lowest BCUT2D eigenvalue weighted by molar-refractivity contribution is 0.640. The molecule has 0 fully saturated rings. The molecule has 0 aliphatic heterocycles.